The predicted molar refractivity (Wildman–Crippen MR) is 60.1 cm³/mol. The lowest BCUT2D eigenvalue weighted by Crippen LogP contribution is -2.62. The van der Waals surface area contributed by atoms with E-state index in [0.29, 0.717) is 0 Å². The number of hydrazine groups is 1. The van der Waals surface area contributed by atoms with E-state index >= 15 is 0 Å². The van der Waals surface area contributed by atoms with Gasteiger partial charge in [0.25, 0.3) is 0 Å². The van der Waals surface area contributed by atoms with Gasteiger partial charge in [0, 0.05) is 12.1 Å². The van der Waals surface area contributed by atoms with E-state index in [4.69, 9.17) is 0 Å². The van der Waals surface area contributed by atoms with Crippen molar-refractivity contribution >= 4 is 0 Å². The van der Waals surface area contributed by atoms with E-state index in [1.54, 1.807) is 0 Å². The molecule has 4 fully saturated rings. The Morgan fingerprint density at radius 1 is 0.800 bits per heavy atom. The van der Waals surface area contributed by atoms with Crippen LogP contribution in [-0.2, 0) is 0 Å². The van der Waals surface area contributed by atoms with Crippen LogP contribution >= 0.6 is 0 Å². The molecule has 84 valence electrons. The van der Waals surface area contributed by atoms with Gasteiger partial charge in [0.15, 0.2) is 0 Å². The van der Waals surface area contributed by atoms with Crippen LogP contribution in [0.25, 0.3) is 0 Å². The highest BCUT2D eigenvalue weighted by molar-refractivity contribution is 5.07. The summed E-state index contributed by atoms with van der Waals surface area (Å²) in [6, 6.07) is 1.60. The highest BCUT2D eigenvalue weighted by atomic mass is 15.4. The summed E-state index contributed by atoms with van der Waals surface area (Å²) in [5.41, 5.74) is 7.30. The summed E-state index contributed by atoms with van der Waals surface area (Å²) in [6.45, 7) is 2.51. The van der Waals surface area contributed by atoms with Gasteiger partial charge in [-0.05, 0) is 61.7 Å². The van der Waals surface area contributed by atoms with Crippen LogP contribution in [0.15, 0.2) is 0 Å². The van der Waals surface area contributed by atoms with E-state index in [1.165, 1.54) is 32.1 Å². The maximum Gasteiger partial charge on any atom is 0.0275 e. The monoisotopic (exact) mass is 206 g/mol. The lowest BCUT2D eigenvalue weighted by Gasteiger charge is -2.45. The molecule has 1 heterocycles. The third kappa shape index (κ3) is 1.18. The lowest BCUT2D eigenvalue weighted by molar-refractivity contribution is 0.0710. The second kappa shape index (κ2) is 2.98. The van der Waals surface area contributed by atoms with E-state index in [2.05, 4.69) is 17.8 Å². The summed E-state index contributed by atoms with van der Waals surface area (Å²) in [5.74, 6) is 4.96. The summed E-state index contributed by atoms with van der Waals surface area (Å²) in [7, 11) is 0. The Kier molecular flexibility index (Phi) is 1.79. The minimum atomic E-state index is 0.783. The Labute approximate surface area is 92.2 Å². The van der Waals surface area contributed by atoms with Crippen LogP contribution in [0, 0.1) is 29.6 Å². The number of rotatable bonds is 1. The van der Waals surface area contributed by atoms with Crippen LogP contribution < -0.4 is 10.9 Å². The van der Waals surface area contributed by atoms with E-state index in [1.807, 2.05) is 0 Å². The van der Waals surface area contributed by atoms with Crippen LogP contribution in [0.1, 0.15) is 39.0 Å². The quantitative estimate of drug-likeness (QED) is 0.685. The molecular formula is C13H22N2. The van der Waals surface area contributed by atoms with Gasteiger partial charge in [0.2, 0.25) is 0 Å². The first-order chi connectivity index (χ1) is 7.34. The molecule has 1 aliphatic heterocycles. The van der Waals surface area contributed by atoms with Gasteiger partial charge >= 0.3 is 0 Å². The molecule has 3 aliphatic carbocycles. The van der Waals surface area contributed by atoms with Gasteiger partial charge in [0.05, 0.1) is 0 Å². The van der Waals surface area contributed by atoms with Crippen molar-refractivity contribution < 1.29 is 0 Å². The van der Waals surface area contributed by atoms with E-state index in [0.717, 1.165) is 41.7 Å². The SMILES string of the molecule is CC1C(C2CC2)NNC2C3CCC(C3)C12. The maximum atomic E-state index is 3.66. The molecule has 4 aliphatic rings. The first-order valence-corrected chi connectivity index (χ1v) is 6.85. The van der Waals surface area contributed by atoms with E-state index in [9.17, 15) is 0 Å². The molecule has 6 unspecified atom stereocenters. The molecule has 2 heteroatoms. The van der Waals surface area contributed by atoms with Gasteiger partial charge in [-0.2, -0.15) is 0 Å². The zero-order chi connectivity index (χ0) is 9.99. The van der Waals surface area contributed by atoms with Crippen LogP contribution in [-0.4, -0.2) is 12.1 Å². The van der Waals surface area contributed by atoms with Crippen molar-refractivity contribution in [3.05, 3.63) is 0 Å². The van der Waals surface area contributed by atoms with Gasteiger partial charge in [-0.25, -0.2) is 0 Å². The van der Waals surface area contributed by atoms with Gasteiger partial charge in [-0.3, -0.25) is 10.9 Å². The Morgan fingerprint density at radius 3 is 2.27 bits per heavy atom. The topological polar surface area (TPSA) is 24.1 Å². The van der Waals surface area contributed by atoms with Crippen molar-refractivity contribution in [2.24, 2.45) is 29.6 Å². The molecule has 0 radical (unpaired) electrons. The van der Waals surface area contributed by atoms with E-state index in [-0.39, 0.29) is 0 Å². The molecule has 0 aromatic rings. The highest BCUT2D eigenvalue weighted by Gasteiger charge is 2.54. The third-order valence-electron chi connectivity index (χ3n) is 5.70. The second-order valence-electron chi connectivity index (χ2n) is 6.45. The molecule has 4 rings (SSSR count). The molecule has 2 bridgehead atoms. The van der Waals surface area contributed by atoms with Gasteiger partial charge in [-0.1, -0.05) is 6.92 Å². The molecular weight excluding hydrogens is 184 g/mol. The fourth-order valence-corrected chi connectivity index (χ4v) is 4.87. The molecule has 2 nitrogen and oxygen atoms in total. The van der Waals surface area contributed by atoms with Crippen molar-refractivity contribution in [1.82, 2.24) is 10.9 Å². The van der Waals surface area contributed by atoms with E-state index < -0.39 is 0 Å². The zero-order valence-corrected chi connectivity index (χ0v) is 9.58. The number of nitrogens with one attached hydrogen (secondary N) is 2. The molecule has 15 heavy (non-hydrogen) atoms. The predicted octanol–water partition coefficient (Wildman–Crippen LogP) is 1.92. The smallest absolute Gasteiger partial charge is 0.0275 e. The van der Waals surface area contributed by atoms with Crippen LogP contribution in [0.4, 0.5) is 0 Å². The molecule has 6 atom stereocenters. The third-order valence-corrected chi connectivity index (χ3v) is 5.70. The van der Waals surface area contributed by atoms with Crippen molar-refractivity contribution in [3.8, 4) is 0 Å². The molecule has 0 aromatic heterocycles. The molecule has 3 saturated carbocycles. The van der Waals surface area contributed by atoms with Crippen molar-refractivity contribution in [2.45, 2.75) is 51.1 Å². The second-order valence-corrected chi connectivity index (χ2v) is 6.45. The zero-order valence-electron chi connectivity index (χ0n) is 9.58. The first-order valence-electron chi connectivity index (χ1n) is 6.85. The van der Waals surface area contributed by atoms with Crippen LogP contribution in [0.3, 0.4) is 0 Å². The normalized spacial score (nSPS) is 58.2. The average molecular weight is 206 g/mol. The Morgan fingerprint density at radius 2 is 1.47 bits per heavy atom. The minimum absolute atomic E-state index is 0.783. The fourth-order valence-electron chi connectivity index (χ4n) is 4.87. The van der Waals surface area contributed by atoms with Crippen LogP contribution in [0.5, 0.6) is 0 Å². The number of hydrogen-bond donors (Lipinski definition) is 2. The maximum absolute atomic E-state index is 3.66. The summed E-state index contributed by atoms with van der Waals surface area (Å²) in [5, 5.41) is 0. The van der Waals surface area contributed by atoms with Crippen molar-refractivity contribution in [1.29, 1.82) is 0 Å². The molecule has 0 amide bonds. The Bertz CT molecular complexity index is 274. The van der Waals surface area contributed by atoms with Crippen molar-refractivity contribution in [3.63, 3.8) is 0 Å². The summed E-state index contributed by atoms with van der Waals surface area (Å²) < 4.78 is 0. The van der Waals surface area contributed by atoms with Gasteiger partial charge < -0.3 is 0 Å². The number of fused-ring (bicyclic) bond motifs is 5. The molecule has 0 aromatic carbocycles. The molecule has 1 saturated heterocycles. The Hall–Kier alpha value is -0.0800. The minimum Gasteiger partial charge on any atom is -0.254 e. The van der Waals surface area contributed by atoms with Gasteiger partial charge in [0.1, 0.15) is 0 Å². The molecule has 2 N–H and O–H groups in total. The van der Waals surface area contributed by atoms with Gasteiger partial charge in [-0.15, -0.1) is 0 Å². The van der Waals surface area contributed by atoms with Crippen molar-refractivity contribution in [2.75, 3.05) is 0 Å². The fraction of sp³-hybridized carbons (Fsp3) is 1.00. The molecule has 0 spiro atoms. The first kappa shape index (κ1) is 9.00. The average Bonchev–Trinajstić information content (AvgIpc) is 2.88. The lowest BCUT2D eigenvalue weighted by atomic mass is 9.72. The van der Waals surface area contributed by atoms with Crippen LogP contribution in [0.2, 0.25) is 0 Å². The summed E-state index contributed by atoms with van der Waals surface area (Å²) in [4.78, 5) is 0. The number of hydrogen-bond acceptors (Lipinski definition) is 2. The summed E-state index contributed by atoms with van der Waals surface area (Å²) in [6.07, 6.45) is 7.46. The highest BCUT2D eigenvalue weighted by Crippen LogP contribution is 2.54. The standard InChI is InChI=1S/C13H22N2/c1-7-11-9-4-5-10(6-9)13(11)15-14-12(7)8-2-3-8/h7-15H,2-6H2,1H3. The summed E-state index contributed by atoms with van der Waals surface area (Å²) >= 11 is 0. The largest absolute Gasteiger partial charge is 0.254 e. The Balaban J connectivity index is 1.59.